The number of hydrogen-bond donors (Lipinski definition) is 2. The Hall–Kier alpha value is -2.23. The number of aromatic amines is 2. The predicted octanol–water partition coefficient (Wildman–Crippen LogP) is -0.453. The molecular formula is C18H22N4O4S. The molecule has 0 amide bonds. The zero-order chi connectivity index (χ0) is 19.0. The zero-order valence-electron chi connectivity index (χ0n) is 14.8. The van der Waals surface area contributed by atoms with Crippen molar-refractivity contribution in [2.24, 2.45) is 0 Å². The van der Waals surface area contributed by atoms with Gasteiger partial charge in [0, 0.05) is 50.0 Å². The van der Waals surface area contributed by atoms with Gasteiger partial charge < -0.3 is 4.98 Å². The van der Waals surface area contributed by atoms with Crippen LogP contribution in [0.4, 0.5) is 0 Å². The summed E-state index contributed by atoms with van der Waals surface area (Å²) in [4.78, 5) is 32.1. The molecule has 2 saturated heterocycles. The van der Waals surface area contributed by atoms with E-state index in [2.05, 4.69) is 19.8 Å². The Kier molecular flexibility index (Phi) is 4.75. The molecule has 1 aromatic carbocycles. The molecule has 0 bridgehead atoms. The van der Waals surface area contributed by atoms with Crippen molar-refractivity contribution in [3.63, 3.8) is 0 Å². The van der Waals surface area contributed by atoms with Crippen molar-refractivity contribution in [1.29, 1.82) is 0 Å². The molecule has 0 radical (unpaired) electrons. The second kappa shape index (κ2) is 7.06. The van der Waals surface area contributed by atoms with Gasteiger partial charge in [0.1, 0.15) is 0 Å². The van der Waals surface area contributed by atoms with Gasteiger partial charge in [-0.1, -0.05) is 30.3 Å². The number of rotatable bonds is 4. The molecule has 4 rings (SSSR count). The quantitative estimate of drug-likeness (QED) is 0.732. The molecular weight excluding hydrogens is 368 g/mol. The second-order valence-corrected chi connectivity index (χ2v) is 9.40. The summed E-state index contributed by atoms with van der Waals surface area (Å²) in [5, 5.41) is 0. The lowest BCUT2D eigenvalue weighted by Gasteiger charge is -2.44. The summed E-state index contributed by atoms with van der Waals surface area (Å²) in [7, 11) is -3.12. The summed E-state index contributed by atoms with van der Waals surface area (Å²) in [6.07, 6.45) is 0. The smallest absolute Gasteiger partial charge is 0.310 e. The molecule has 27 heavy (non-hydrogen) atoms. The van der Waals surface area contributed by atoms with Gasteiger partial charge in [-0.05, 0) is 5.56 Å². The van der Waals surface area contributed by atoms with Crippen LogP contribution < -0.4 is 11.2 Å². The number of hydrogen-bond acceptors (Lipinski definition) is 6. The van der Waals surface area contributed by atoms with Crippen molar-refractivity contribution in [3.8, 4) is 0 Å². The van der Waals surface area contributed by atoms with Crippen molar-refractivity contribution in [2.45, 2.75) is 25.2 Å². The van der Waals surface area contributed by atoms with Crippen LogP contribution in [0.2, 0.25) is 0 Å². The van der Waals surface area contributed by atoms with Gasteiger partial charge >= 0.3 is 5.69 Å². The first-order valence-electron chi connectivity index (χ1n) is 8.95. The Balaban J connectivity index is 1.56. The first-order chi connectivity index (χ1) is 12.9. The molecule has 2 aliphatic heterocycles. The van der Waals surface area contributed by atoms with Crippen LogP contribution in [-0.2, 0) is 22.9 Å². The summed E-state index contributed by atoms with van der Waals surface area (Å²) in [5.41, 5.74) is 0.666. The normalized spacial score (nSPS) is 25.3. The Bertz CT molecular complexity index is 1000. The van der Waals surface area contributed by atoms with Gasteiger partial charge in [0.05, 0.1) is 11.5 Å². The third kappa shape index (κ3) is 4.05. The third-order valence-corrected chi connectivity index (χ3v) is 7.02. The Morgan fingerprint density at radius 1 is 0.926 bits per heavy atom. The van der Waals surface area contributed by atoms with Crippen molar-refractivity contribution in [3.05, 3.63) is 68.5 Å². The maximum absolute atomic E-state index is 12.3. The third-order valence-electron chi connectivity index (χ3n) is 5.32. The molecule has 2 N–H and O–H groups in total. The molecule has 0 saturated carbocycles. The first-order valence-corrected chi connectivity index (χ1v) is 10.8. The van der Waals surface area contributed by atoms with Crippen LogP contribution in [0.1, 0.15) is 11.3 Å². The molecule has 0 spiro atoms. The van der Waals surface area contributed by atoms with E-state index in [0.717, 1.165) is 12.1 Å². The van der Waals surface area contributed by atoms with Crippen molar-refractivity contribution < 1.29 is 8.42 Å². The van der Waals surface area contributed by atoms with Crippen LogP contribution in [0.3, 0.4) is 0 Å². The minimum Gasteiger partial charge on any atom is -0.310 e. The van der Waals surface area contributed by atoms with Crippen molar-refractivity contribution in [2.75, 3.05) is 24.6 Å². The van der Waals surface area contributed by atoms with Gasteiger partial charge in [-0.3, -0.25) is 19.6 Å². The number of nitrogens with one attached hydrogen (secondary N) is 2. The Morgan fingerprint density at radius 3 is 2.19 bits per heavy atom. The molecule has 9 heteroatoms. The molecule has 0 unspecified atom stereocenters. The summed E-state index contributed by atoms with van der Waals surface area (Å²) < 4.78 is 24.7. The van der Waals surface area contributed by atoms with Crippen molar-refractivity contribution >= 4 is 9.84 Å². The van der Waals surface area contributed by atoms with Crippen molar-refractivity contribution in [1.82, 2.24) is 19.8 Å². The minimum absolute atomic E-state index is 0.0855. The molecule has 0 aliphatic carbocycles. The van der Waals surface area contributed by atoms with Crippen LogP contribution in [0.25, 0.3) is 0 Å². The van der Waals surface area contributed by atoms with Crippen LogP contribution in [0, 0.1) is 0 Å². The van der Waals surface area contributed by atoms with E-state index in [-0.39, 0.29) is 23.6 Å². The van der Waals surface area contributed by atoms with E-state index >= 15 is 0 Å². The zero-order valence-corrected chi connectivity index (χ0v) is 15.6. The number of benzene rings is 1. The van der Waals surface area contributed by atoms with Gasteiger partial charge in [0.2, 0.25) is 0 Å². The molecule has 2 atom stereocenters. The molecule has 2 aliphatic rings. The lowest BCUT2D eigenvalue weighted by Crippen LogP contribution is -2.58. The fourth-order valence-electron chi connectivity index (χ4n) is 4.13. The van der Waals surface area contributed by atoms with Crippen LogP contribution in [0.5, 0.6) is 0 Å². The van der Waals surface area contributed by atoms with E-state index < -0.39 is 21.1 Å². The maximum Gasteiger partial charge on any atom is 0.325 e. The standard InChI is InChI=1S/C18H22N4O4S/c23-17-8-14(19-18(24)20-17)10-22-7-6-21(9-13-4-2-1-3-5-13)15-11-27(25,26)12-16(15)22/h1-5,8,15-16H,6-7,9-12H2,(H2,19,20,23,24)/t15-,16+/m1/s1. The van der Waals surface area contributed by atoms with E-state index in [4.69, 9.17) is 0 Å². The van der Waals surface area contributed by atoms with Gasteiger partial charge in [-0.25, -0.2) is 13.2 Å². The number of H-pyrrole nitrogens is 2. The SMILES string of the molecule is O=c1cc(CN2CCN(Cc3ccccc3)[C@@H]3CS(=O)(=O)C[C@@H]32)[nH]c(=O)[nH]1. The molecule has 144 valence electrons. The number of fused-ring (bicyclic) bond motifs is 1. The fourth-order valence-corrected chi connectivity index (χ4v) is 6.17. The maximum atomic E-state index is 12.3. The average molecular weight is 390 g/mol. The van der Waals surface area contributed by atoms with Gasteiger partial charge in [0.25, 0.3) is 5.56 Å². The van der Waals surface area contributed by atoms with Gasteiger partial charge in [0.15, 0.2) is 9.84 Å². The molecule has 3 heterocycles. The Labute approximate surface area is 156 Å². The highest BCUT2D eigenvalue weighted by molar-refractivity contribution is 7.91. The lowest BCUT2D eigenvalue weighted by molar-refractivity contribution is 0.0347. The monoisotopic (exact) mass is 390 g/mol. The second-order valence-electron chi connectivity index (χ2n) is 7.25. The molecule has 1 aromatic heterocycles. The highest BCUT2D eigenvalue weighted by Gasteiger charge is 2.46. The number of nitrogens with zero attached hydrogens (tertiary/aromatic N) is 2. The van der Waals surface area contributed by atoms with E-state index in [1.165, 1.54) is 6.07 Å². The highest BCUT2D eigenvalue weighted by Crippen LogP contribution is 2.29. The van der Waals surface area contributed by atoms with E-state index in [0.29, 0.717) is 25.3 Å². The lowest BCUT2D eigenvalue weighted by atomic mass is 10.0. The molecule has 2 fully saturated rings. The Morgan fingerprint density at radius 2 is 1.56 bits per heavy atom. The average Bonchev–Trinajstić information content (AvgIpc) is 2.93. The topological polar surface area (TPSA) is 106 Å². The number of sulfone groups is 1. The number of piperazine rings is 1. The van der Waals surface area contributed by atoms with E-state index in [1.54, 1.807) is 0 Å². The summed E-state index contributed by atoms with van der Waals surface area (Å²) in [6.45, 7) is 2.49. The fraction of sp³-hybridized carbons (Fsp3) is 0.444. The largest absolute Gasteiger partial charge is 0.325 e. The molecule has 2 aromatic rings. The van der Waals surface area contributed by atoms with Crippen LogP contribution in [0.15, 0.2) is 46.0 Å². The summed E-state index contributed by atoms with van der Waals surface area (Å²) in [5.74, 6) is 0.253. The van der Waals surface area contributed by atoms with Crippen LogP contribution in [-0.4, -0.2) is 64.9 Å². The minimum atomic E-state index is -3.12. The van der Waals surface area contributed by atoms with Gasteiger partial charge in [-0.15, -0.1) is 0 Å². The van der Waals surface area contributed by atoms with Gasteiger partial charge in [-0.2, -0.15) is 0 Å². The predicted molar refractivity (Wildman–Crippen MR) is 101 cm³/mol. The van der Waals surface area contributed by atoms with E-state index in [1.807, 2.05) is 30.3 Å². The number of aromatic nitrogens is 2. The molecule has 8 nitrogen and oxygen atoms in total. The summed E-state index contributed by atoms with van der Waals surface area (Å²) in [6, 6.07) is 11.2. The highest BCUT2D eigenvalue weighted by atomic mass is 32.2. The van der Waals surface area contributed by atoms with Crippen LogP contribution >= 0.6 is 0 Å². The summed E-state index contributed by atoms with van der Waals surface area (Å²) >= 11 is 0. The van der Waals surface area contributed by atoms with E-state index in [9.17, 15) is 18.0 Å². The first kappa shape index (κ1) is 18.1.